The summed E-state index contributed by atoms with van der Waals surface area (Å²) in [6.45, 7) is 2.17. The van der Waals surface area contributed by atoms with E-state index in [4.69, 9.17) is 5.10 Å². The monoisotopic (exact) mass is 479 g/mol. The fourth-order valence-electron chi connectivity index (χ4n) is 4.05. The molecule has 0 atom stereocenters. The number of pyridine rings is 1. The fraction of sp³-hybridized carbons (Fsp3) is 0.320. The van der Waals surface area contributed by atoms with Crippen LogP contribution < -0.4 is 5.32 Å². The molecule has 1 fully saturated rings. The van der Waals surface area contributed by atoms with Crippen LogP contribution in [0.2, 0.25) is 0 Å². The van der Waals surface area contributed by atoms with Gasteiger partial charge in [0.1, 0.15) is 5.69 Å². The fourth-order valence-corrected chi connectivity index (χ4v) is 4.93. The van der Waals surface area contributed by atoms with E-state index in [0.29, 0.717) is 26.2 Å². The highest BCUT2D eigenvalue weighted by Crippen LogP contribution is 2.23. The third kappa shape index (κ3) is 6.39. The molecule has 1 amide bonds. The van der Waals surface area contributed by atoms with Crippen LogP contribution in [0.1, 0.15) is 24.0 Å². The lowest BCUT2D eigenvalue weighted by Gasteiger charge is -2.30. The van der Waals surface area contributed by atoms with Gasteiger partial charge in [0.25, 0.3) is 0 Å². The molecule has 1 aliphatic heterocycles. The van der Waals surface area contributed by atoms with Crippen molar-refractivity contribution < 1.29 is 13.2 Å². The van der Waals surface area contributed by atoms with E-state index in [1.54, 1.807) is 18.5 Å². The third-order valence-electron chi connectivity index (χ3n) is 5.93. The lowest BCUT2D eigenvalue weighted by atomic mass is 9.98. The highest BCUT2D eigenvalue weighted by Gasteiger charge is 2.24. The van der Waals surface area contributed by atoms with E-state index in [1.165, 1.54) is 16.6 Å². The molecular weight excluding hydrogens is 450 g/mol. The van der Waals surface area contributed by atoms with Gasteiger partial charge in [-0.3, -0.25) is 14.5 Å². The molecular formula is C25H29N5O3S. The molecule has 1 N–H and O–H groups in total. The number of sulfonamides is 1. The van der Waals surface area contributed by atoms with Crippen molar-refractivity contribution in [2.45, 2.75) is 19.4 Å². The Morgan fingerprint density at radius 1 is 1.15 bits per heavy atom. The molecule has 1 saturated heterocycles. The number of carbonyl (C=O) groups is 1. The van der Waals surface area contributed by atoms with E-state index >= 15 is 0 Å². The Labute approximate surface area is 200 Å². The minimum Gasteiger partial charge on any atom is -0.352 e. The van der Waals surface area contributed by atoms with Gasteiger partial charge >= 0.3 is 0 Å². The Hall–Kier alpha value is -3.30. The van der Waals surface area contributed by atoms with Crippen molar-refractivity contribution in [1.29, 1.82) is 0 Å². The first-order valence-corrected chi connectivity index (χ1v) is 13.2. The quantitative estimate of drug-likeness (QED) is 0.501. The van der Waals surface area contributed by atoms with Crippen LogP contribution >= 0.6 is 0 Å². The standard InChI is InChI=1S/C25H29N5O3S/c1-34(32,33)30-14-11-20(12-15-30)16-27-24(31)10-9-23-19-29(18-21-6-3-2-4-7-21)28-25(23)22-8-5-13-26-17-22/h2-10,13,17,19-20H,11-12,14-16,18H2,1H3,(H,27,31)/b10-9+. The molecule has 0 spiro atoms. The van der Waals surface area contributed by atoms with Crippen LogP contribution in [-0.2, 0) is 21.4 Å². The number of nitrogens with zero attached hydrogens (tertiary/aromatic N) is 4. The highest BCUT2D eigenvalue weighted by atomic mass is 32.2. The van der Waals surface area contributed by atoms with E-state index in [9.17, 15) is 13.2 Å². The maximum atomic E-state index is 12.5. The number of rotatable bonds is 8. The summed E-state index contributed by atoms with van der Waals surface area (Å²) in [6.07, 6.45) is 11.4. The normalized spacial score (nSPS) is 15.6. The molecule has 4 rings (SSSR count). The van der Waals surface area contributed by atoms with Gasteiger partial charge in [-0.1, -0.05) is 30.3 Å². The van der Waals surface area contributed by atoms with Crippen molar-refractivity contribution >= 4 is 22.0 Å². The number of hydrogen-bond acceptors (Lipinski definition) is 5. The lowest BCUT2D eigenvalue weighted by molar-refractivity contribution is -0.116. The maximum Gasteiger partial charge on any atom is 0.244 e. The smallest absolute Gasteiger partial charge is 0.244 e. The Kier molecular flexibility index (Phi) is 7.54. The molecule has 3 aromatic rings. The second kappa shape index (κ2) is 10.8. The van der Waals surface area contributed by atoms with Gasteiger partial charge in [0.15, 0.2) is 0 Å². The number of piperidine rings is 1. The highest BCUT2D eigenvalue weighted by molar-refractivity contribution is 7.88. The summed E-state index contributed by atoms with van der Waals surface area (Å²) in [7, 11) is -3.14. The molecule has 1 aliphatic rings. The minimum atomic E-state index is -3.14. The number of carbonyl (C=O) groups excluding carboxylic acids is 1. The summed E-state index contributed by atoms with van der Waals surface area (Å²) >= 11 is 0. The molecule has 178 valence electrons. The molecule has 8 nitrogen and oxygen atoms in total. The Morgan fingerprint density at radius 2 is 1.91 bits per heavy atom. The summed E-state index contributed by atoms with van der Waals surface area (Å²) in [4.78, 5) is 16.7. The molecule has 2 aromatic heterocycles. The van der Waals surface area contributed by atoms with Crippen molar-refractivity contribution in [2.24, 2.45) is 5.92 Å². The van der Waals surface area contributed by atoms with Gasteiger partial charge in [-0.25, -0.2) is 12.7 Å². The molecule has 34 heavy (non-hydrogen) atoms. The number of amides is 1. The van der Waals surface area contributed by atoms with E-state index in [-0.39, 0.29) is 11.8 Å². The Balaban J connectivity index is 1.40. The van der Waals surface area contributed by atoms with E-state index < -0.39 is 10.0 Å². The number of nitrogens with one attached hydrogen (secondary N) is 1. The number of hydrogen-bond donors (Lipinski definition) is 1. The van der Waals surface area contributed by atoms with Crippen LogP contribution in [0.15, 0.2) is 67.1 Å². The molecule has 0 radical (unpaired) electrons. The average Bonchev–Trinajstić information content (AvgIpc) is 3.25. The van der Waals surface area contributed by atoms with Crippen LogP contribution in [0, 0.1) is 5.92 Å². The minimum absolute atomic E-state index is 0.182. The zero-order valence-corrected chi connectivity index (χ0v) is 20.0. The van der Waals surface area contributed by atoms with Crippen molar-refractivity contribution in [2.75, 3.05) is 25.9 Å². The number of aromatic nitrogens is 3. The van der Waals surface area contributed by atoms with E-state index in [1.807, 2.05) is 41.2 Å². The largest absolute Gasteiger partial charge is 0.352 e. The van der Waals surface area contributed by atoms with Gasteiger partial charge in [0, 0.05) is 55.4 Å². The molecule has 0 aliphatic carbocycles. The lowest BCUT2D eigenvalue weighted by Crippen LogP contribution is -2.40. The van der Waals surface area contributed by atoms with Gasteiger partial charge in [0.05, 0.1) is 12.8 Å². The van der Waals surface area contributed by atoms with E-state index in [0.717, 1.165) is 35.2 Å². The van der Waals surface area contributed by atoms with Crippen LogP contribution in [0.5, 0.6) is 0 Å². The second-order valence-corrected chi connectivity index (χ2v) is 10.5. The van der Waals surface area contributed by atoms with Crippen LogP contribution in [0.3, 0.4) is 0 Å². The molecule has 9 heteroatoms. The predicted octanol–water partition coefficient (Wildman–Crippen LogP) is 2.79. The summed E-state index contributed by atoms with van der Waals surface area (Å²) in [6, 6.07) is 13.9. The SMILES string of the molecule is CS(=O)(=O)N1CCC(CNC(=O)/C=C/c2cn(Cc3ccccc3)nc2-c2cccnc2)CC1. The zero-order valence-electron chi connectivity index (χ0n) is 19.2. The van der Waals surface area contributed by atoms with E-state index in [2.05, 4.69) is 22.4 Å². The third-order valence-corrected chi connectivity index (χ3v) is 7.24. The number of benzene rings is 1. The van der Waals surface area contributed by atoms with Gasteiger partial charge < -0.3 is 5.32 Å². The molecule has 1 aromatic carbocycles. The van der Waals surface area contributed by atoms with Crippen molar-refractivity contribution in [3.05, 3.63) is 78.3 Å². The molecule has 3 heterocycles. The van der Waals surface area contributed by atoms with Crippen molar-refractivity contribution in [1.82, 2.24) is 24.4 Å². The van der Waals surface area contributed by atoms with Crippen molar-refractivity contribution in [3.8, 4) is 11.3 Å². The van der Waals surface area contributed by atoms with Crippen LogP contribution in [0.25, 0.3) is 17.3 Å². The first kappa shape index (κ1) is 23.8. The van der Waals surface area contributed by atoms with Gasteiger partial charge in [-0.2, -0.15) is 5.10 Å². The van der Waals surface area contributed by atoms with Crippen molar-refractivity contribution in [3.63, 3.8) is 0 Å². The second-order valence-electron chi connectivity index (χ2n) is 8.54. The topological polar surface area (TPSA) is 97.2 Å². The summed E-state index contributed by atoms with van der Waals surface area (Å²) in [5.74, 6) is 0.0911. The zero-order chi connectivity index (χ0) is 24.0. The summed E-state index contributed by atoms with van der Waals surface area (Å²) in [5, 5.41) is 7.69. The Morgan fingerprint density at radius 3 is 2.59 bits per heavy atom. The molecule has 0 unspecified atom stereocenters. The predicted molar refractivity (Wildman–Crippen MR) is 132 cm³/mol. The summed E-state index contributed by atoms with van der Waals surface area (Å²) in [5.41, 5.74) is 3.62. The van der Waals surface area contributed by atoms with Crippen LogP contribution in [0.4, 0.5) is 0 Å². The summed E-state index contributed by atoms with van der Waals surface area (Å²) < 4.78 is 26.7. The van der Waals surface area contributed by atoms with Gasteiger partial charge in [0.2, 0.25) is 15.9 Å². The maximum absolute atomic E-state index is 12.5. The van der Waals surface area contributed by atoms with Crippen LogP contribution in [-0.4, -0.2) is 59.3 Å². The average molecular weight is 480 g/mol. The first-order chi connectivity index (χ1) is 16.4. The Bertz CT molecular complexity index is 1230. The molecule has 0 saturated carbocycles. The van der Waals surface area contributed by atoms with Gasteiger partial charge in [-0.05, 0) is 42.5 Å². The first-order valence-electron chi connectivity index (χ1n) is 11.3. The molecule has 0 bridgehead atoms. The van der Waals surface area contributed by atoms with Gasteiger partial charge in [-0.15, -0.1) is 0 Å².